The van der Waals surface area contributed by atoms with Crippen LogP contribution in [-0.2, 0) is 19.1 Å². The lowest BCUT2D eigenvalue weighted by molar-refractivity contribution is -0.161. The Labute approximate surface area is 346 Å². The van der Waals surface area contributed by atoms with E-state index in [1.54, 1.807) is 0 Å². The third-order valence-electron chi connectivity index (χ3n) is 9.98. The highest BCUT2D eigenvalue weighted by molar-refractivity contribution is 5.70. The minimum absolute atomic E-state index is 0.0740. The van der Waals surface area contributed by atoms with E-state index in [4.69, 9.17) is 9.47 Å². The lowest BCUT2D eigenvalue weighted by Gasteiger charge is -2.15. The van der Waals surface area contributed by atoms with Crippen LogP contribution in [0.15, 0.2) is 72.9 Å². The van der Waals surface area contributed by atoms with Crippen molar-refractivity contribution < 1.29 is 24.2 Å². The van der Waals surface area contributed by atoms with Crippen molar-refractivity contribution >= 4 is 11.9 Å². The Balaban J connectivity index is 3.56. The lowest BCUT2D eigenvalue weighted by Crippen LogP contribution is -2.28. The van der Waals surface area contributed by atoms with Gasteiger partial charge in [0.15, 0.2) is 6.10 Å². The quantitative estimate of drug-likeness (QED) is 0.0379. The average Bonchev–Trinajstić information content (AvgIpc) is 3.20. The van der Waals surface area contributed by atoms with E-state index >= 15 is 0 Å². The molecule has 0 saturated carbocycles. The normalized spacial score (nSPS) is 12.8. The van der Waals surface area contributed by atoms with Gasteiger partial charge in [0.05, 0.1) is 6.61 Å². The van der Waals surface area contributed by atoms with Crippen LogP contribution < -0.4 is 0 Å². The van der Waals surface area contributed by atoms with Crippen molar-refractivity contribution in [3.8, 4) is 0 Å². The van der Waals surface area contributed by atoms with Gasteiger partial charge in [0.1, 0.15) is 6.61 Å². The minimum Gasteiger partial charge on any atom is -0.462 e. The Morgan fingerprint density at radius 2 is 0.768 bits per heavy atom. The van der Waals surface area contributed by atoms with Gasteiger partial charge in [-0.1, -0.05) is 196 Å². The summed E-state index contributed by atoms with van der Waals surface area (Å²) in [5.41, 5.74) is 0. The molecular weight excluding hydrogens is 693 g/mol. The zero-order valence-electron chi connectivity index (χ0n) is 36.6. The molecule has 1 unspecified atom stereocenters. The summed E-state index contributed by atoms with van der Waals surface area (Å²) < 4.78 is 10.7. The van der Waals surface area contributed by atoms with Crippen molar-refractivity contribution in [3.05, 3.63) is 72.9 Å². The molecule has 0 aromatic rings. The van der Waals surface area contributed by atoms with E-state index in [2.05, 4.69) is 86.8 Å². The average molecular weight is 781 g/mol. The molecule has 0 radical (unpaired) electrons. The van der Waals surface area contributed by atoms with Crippen LogP contribution in [0.1, 0.15) is 219 Å². The molecule has 56 heavy (non-hydrogen) atoms. The van der Waals surface area contributed by atoms with Crippen molar-refractivity contribution in [2.75, 3.05) is 13.2 Å². The van der Waals surface area contributed by atoms with Crippen LogP contribution in [0, 0.1) is 0 Å². The molecule has 0 aromatic heterocycles. The fourth-order valence-electron chi connectivity index (χ4n) is 6.46. The maximum Gasteiger partial charge on any atom is 0.306 e. The molecule has 5 nitrogen and oxygen atoms in total. The summed E-state index contributed by atoms with van der Waals surface area (Å²) in [6.07, 6.45) is 62.6. The van der Waals surface area contributed by atoms with E-state index in [1.807, 2.05) is 0 Å². The second kappa shape index (κ2) is 46.7. The maximum absolute atomic E-state index is 12.2. The number of aliphatic hydroxyl groups is 1. The largest absolute Gasteiger partial charge is 0.462 e. The van der Waals surface area contributed by atoms with E-state index in [9.17, 15) is 14.7 Å². The molecule has 0 saturated heterocycles. The first-order valence-electron chi connectivity index (χ1n) is 23.5. The molecule has 0 aromatic carbocycles. The highest BCUT2D eigenvalue weighted by Crippen LogP contribution is 2.14. The smallest absolute Gasteiger partial charge is 0.306 e. The number of carbonyl (C=O) groups excluding carboxylic acids is 2. The minimum atomic E-state index is -0.781. The van der Waals surface area contributed by atoms with Crippen molar-refractivity contribution in [2.45, 2.75) is 225 Å². The summed E-state index contributed by atoms with van der Waals surface area (Å²) in [5, 5.41) is 9.61. The van der Waals surface area contributed by atoms with Crippen LogP contribution >= 0.6 is 0 Å². The number of carbonyl (C=O) groups is 2. The molecule has 0 amide bonds. The van der Waals surface area contributed by atoms with Gasteiger partial charge in [-0.3, -0.25) is 9.59 Å². The number of rotatable bonds is 42. The van der Waals surface area contributed by atoms with E-state index in [0.29, 0.717) is 12.8 Å². The molecule has 1 N–H and O–H groups in total. The molecule has 0 rings (SSSR count). The summed E-state index contributed by atoms with van der Waals surface area (Å²) in [6, 6.07) is 0. The number of ether oxygens (including phenoxy) is 2. The number of allylic oxidation sites excluding steroid dienone is 12. The Kier molecular flexibility index (Phi) is 44.5. The Morgan fingerprint density at radius 1 is 0.429 bits per heavy atom. The first kappa shape index (κ1) is 53.3. The third kappa shape index (κ3) is 44.1. The molecule has 5 heteroatoms. The molecular formula is C51H88O5. The Hall–Kier alpha value is -2.66. The van der Waals surface area contributed by atoms with Crippen molar-refractivity contribution in [3.63, 3.8) is 0 Å². The van der Waals surface area contributed by atoms with Crippen molar-refractivity contribution in [2.24, 2.45) is 0 Å². The van der Waals surface area contributed by atoms with Crippen molar-refractivity contribution in [1.82, 2.24) is 0 Å². The Morgan fingerprint density at radius 3 is 1.16 bits per heavy atom. The van der Waals surface area contributed by atoms with Crippen LogP contribution in [0.3, 0.4) is 0 Å². The number of aliphatic hydroxyl groups excluding tert-OH is 1. The van der Waals surface area contributed by atoms with E-state index in [0.717, 1.165) is 77.0 Å². The molecule has 0 aliphatic heterocycles. The predicted molar refractivity (Wildman–Crippen MR) is 242 cm³/mol. The van der Waals surface area contributed by atoms with Crippen LogP contribution in [0.5, 0.6) is 0 Å². The zero-order chi connectivity index (χ0) is 40.7. The molecule has 322 valence electrons. The SMILES string of the molecule is CC/C=C\C/C=C\C/C=C\C/C=C\CCCCCCCCCCC(=O)OC(CO)COC(=O)CCCCCCCCCCC/C=C\C/C=C\CCCCCCC. The van der Waals surface area contributed by atoms with E-state index in [1.165, 1.54) is 116 Å². The van der Waals surface area contributed by atoms with Gasteiger partial charge >= 0.3 is 11.9 Å². The summed E-state index contributed by atoms with van der Waals surface area (Å²) in [6.45, 7) is 4.01. The zero-order valence-corrected chi connectivity index (χ0v) is 36.6. The van der Waals surface area contributed by atoms with E-state index in [-0.39, 0.29) is 25.2 Å². The first-order chi connectivity index (χ1) is 27.6. The standard InChI is InChI=1S/C51H88O5/c1-3-5-7-9-11-13-15-17-19-21-23-25-27-29-31-33-35-37-39-41-43-45-50(53)55-48-49(47-52)56-51(54)46-44-42-40-38-36-34-32-30-28-26-24-22-20-18-16-14-12-10-8-6-4-2/h6,8,12,14-15,17-18,20-21,23-24,26,49,52H,3-5,7,9-11,13,16,19,22,25,27-48H2,1-2H3/b8-6-,14-12-,17-15-,20-18-,23-21-,26-24-. The summed E-state index contributed by atoms with van der Waals surface area (Å²) in [4.78, 5) is 24.4. The van der Waals surface area contributed by atoms with Gasteiger partial charge in [0.25, 0.3) is 0 Å². The van der Waals surface area contributed by atoms with Crippen LogP contribution in [0.2, 0.25) is 0 Å². The van der Waals surface area contributed by atoms with Crippen LogP contribution in [0.25, 0.3) is 0 Å². The number of hydrogen-bond acceptors (Lipinski definition) is 5. The first-order valence-corrected chi connectivity index (χ1v) is 23.5. The molecule has 0 fully saturated rings. The maximum atomic E-state index is 12.2. The summed E-state index contributed by atoms with van der Waals surface area (Å²) in [7, 11) is 0. The molecule has 0 aliphatic carbocycles. The molecule has 0 bridgehead atoms. The number of hydrogen-bond donors (Lipinski definition) is 1. The molecule has 0 spiro atoms. The fourth-order valence-corrected chi connectivity index (χ4v) is 6.46. The van der Waals surface area contributed by atoms with Gasteiger partial charge in [0, 0.05) is 12.8 Å². The fraction of sp³-hybridized carbons (Fsp3) is 0.725. The van der Waals surface area contributed by atoms with E-state index < -0.39 is 6.10 Å². The Bertz CT molecular complexity index is 1020. The topological polar surface area (TPSA) is 72.8 Å². The summed E-state index contributed by atoms with van der Waals surface area (Å²) in [5.74, 6) is -0.605. The highest BCUT2D eigenvalue weighted by atomic mass is 16.6. The van der Waals surface area contributed by atoms with Crippen molar-refractivity contribution in [1.29, 1.82) is 0 Å². The van der Waals surface area contributed by atoms with Crippen LogP contribution in [0.4, 0.5) is 0 Å². The third-order valence-corrected chi connectivity index (χ3v) is 9.98. The van der Waals surface area contributed by atoms with Gasteiger partial charge in [-0.05, 0) is 83.5 Å². The molecule has 1 atom stereocenters. The van der Waals surface area contributed by atoms with Crippen LogP contribution in [-0.4, -0.2) is 36.4 Å². The lowest BCUT2D eigenvalue weighted by atomic mass is 10.1. The second-order valence-corrected chi connectivity index (χ2v) is 15.4. The molecule has 0 aliphatic rings. The van der Waals surface area contributed by atoms with Gasteiger partial charge in [-0.25, -0.2) is 0 Å². The molecule has 0 heterocycles. The number of esters is 2. The summed E-state index contributed by atoms with van der Waals surface area (Å²) >= 11 is 0. The monoisotopic (exact) mass is 781 g/mol. The highest BCUT2D eigenvalue weighted by Gasteiger charge is 2.16. The van der Waals surface area contributed by atoms with Gasteiger partial charge < -0.3 is 14.6 Å². The van der Waals surface area contributed by atoms with Gasteiger partial charge in [-0.2, -0.15) is 0 Å². The predicted octanol–water partition coefficient (Wildman–Crippen LogP) is 15.3. The number of unbranched alkanes of at least 4 members (excludes halogenated alkanes) is 22. The second-order valence-electron chi connectivity index (χ2n) is 15.4. The van der Waals surface area contributed by atoms with Gasteiger partial charge in [0.2, 0.25) is 0 Å². The van der Waals surface area contributed by atoms with Gasteiger partial charge in [-0.15, -0.1) is 0 Å².